The van der Waals surface area contributed by atoms with Crippen molar-refractivity contribution in [3.05, 3.63) is 42.0 Å². The largest absolute Gasteiger partial charge is 0.493 e. The van der Waals surface area contributed by atoms with Crippen LogP contribution in [0.1, 0.15) is 12.0 Å². The molecule has 0 bridgehead atoms. The fourth-order valence-electron chi connectivity index (χ4n) is 2.95. The lowest BCUT2D eigenvalue weighted by Crippen LogP contribution is -1.92. The topological polar surface area (TPSA) is 61.1 Å². The Hall–Kier alpha value is -2.66. The highest BCUT2D eigenvalue weighted by Crippen LogP contribution is 2.39. The Morgan fingerprint density at radius 2 is 1.96 bits per heavy atom. The summed E-state index contributed by atoms with van der Waals surface area (Å²) >= 11 is 0. The van der Waals surface area contributed by atoms with Gasteiger partial charge in [-0.05, 0) is 54.8 Å². The van der Waals surface area contributed by atoms with Crippen LogP contribution in [0.2, 0.25) is 0 Å². The number of methoxy groups -OCH3 is 1. The minimum atomic E-state index is 0.175. The average Bonchev–Trinajstić information content (AvgIpc) is 3.24. The number of furan rings is 1. The van der Waals surface area contributed by atoms with E-state index in [1.165, 1.54) is 0 Å². The van der Waals surface area contributed by atoms with E-state index in [1.807, 2.05) is 30.3 Å². The van der Waals surface area contributed by atoms with Gasteiger partial charge in [-0.15, -0.1) is 0 Å². The molecule has 4 rings (SSSR count). The van der Waals surface area contributed by atoms with Crippen molar-refractivity contribution in [3.63, 3.8) is 0 Å². The van der Waals surface area contributed by atoms with Crippen LogP contribution < -0.4 is 14.2 Å². The van der Waals surface area contributed by atoms with Crippen molar-refractivity contribution in [2.75, 3.05) is 20.5 Å². The molecule has 2 aromatic carbocycles. The van der Waals surface area contributed by atoms with Crippen molar-refractivity contribution in [3.8, 4) is 28.6 Å². The summed E-state index contributed by atoms with van der Waals surface area (Å²) in [6, 6.07) is 11.8. The quantitative estimate of drug-likeness (QED) is 0.773. The van der Waals surface area contributed by atoms with Crippen LogP contribution in [0, 0.1) is 0 Å². The minimum Gasteiger partial charge on any atom is -0.493 e. The Balaban J connectivity index is 1.77. The lowest BCUT2D eigenvalue weighted by atomic mass is 10.1. The maximum Gasteiger partial charge on any atom is 0.231 e. The SMILES string of the molecule is COc1cc(CCCO)cc2cc(-c3ccc4c(c3)OCO4)oc12. The third-order valence-electron chi connectivity index (χ3n) is 4.14. The molecule has 0 saturated heterocycles. The molecule has 0 atom stereocenters. The molecule has 0 saturated carbocycles. The molecule has 1 N–H and O–H groups in total. The zero-order valence-corrected chi connectivity index (χ0v) is 13.4. The second kappa shape index (κ2) is 6.09. The lowest BCUT2D eigenvalue weighted by molar-refractivity contribution is 0.174. The van der Waals surface area contributed by atoms with E-state index in [0.29, 0.717) is 5.75 Å². The first kappa shape index (κ1) is 14.9. The number of benzene rings is 2. The van der Waals surface area contributed by atoms with E-state index in [0.717, 1.165) is 52.2 Å². The van der Waals surface area contributed by atoms with Gasteiger partial charge in [0.1, 0.15) is 5.76 Å². The molecule has 0 spiro atoms. The number of aryl methyl sites for hydroxylation is 1. The molecule has 1 aliphatic heterocycles. The number of fused-ring (bicyclic) bond motifs is 2. The molecule has 2 heterocycles. The summed E-state index contributed by atoms with van der Waals surface area (Å²) in [4.78, 5) is 0. The molecule has 3 aromatic rings. The van der Waals surface area contributed by atoms with Crippen LogP contribution in [0.25, 0.3) is 22.3 Å². The fourth-order valence-corrected chi connectivity index (χ4v) is 2.95. The number of hydrogen-bond donors (Lipinski definition) is 1. The van der Waals surface area contributed by atoms with Crippen molar-refractivity contribution in [1.82, 2.24) is 0 Å². The third-order valence-corrected chi connectivity index (χ3v) is 4.14. The van der Waals surface area contributed by atoms with Crippen molar-refractivity contribution >= 4 is 11.0 Å². The number of rotatable bonds is 5. The van der Waals surface area contributed by atoms with Gasteiger partial charge in [-0.2, -0.15) is 0 Å². The summed E-state index contributed by atoms with van der Waals surface area (Å²) in [7, 11) is 1.63. The number of ether oxygens (including phenoxy) is 3. The van der Waals surface area contributed by atoms with Gasteiger partial charge in [0.2, 0.25) is 6.79 Å². The van der Waals surface area contributed by atoms with E-state index in [1.54, 1.807) is 7.11 Å². The van der Waals surface area contributed by atoms with Crippen molar-refractivity contribution in [2.45, 2.75) is 12.8 Å². The number of aliphatic hydroxyl groups excluding tert-OH is 1. The van der Waals surface area contributed by atoms with Gasteiger partial charge in [0.05, 0.1) is 7.11 Å². The van der Waals surface area contributed by atoms with Crippen LogP contribution in [-0.2, 0) is 6.42 Å². The zero-order valence-electron chi connectivity index (χ0n) is 13.4. The van der Waals surface area contributed by atoms with Crippen LogP contribution in [0.15, 0.2) is 40.8 Å². The van der Waals surface area contributed by atoms with Gasteiger partial charge in [-0.25, -0.2) is 0 Å². The molecule has 0 radical (unpaired) electrons. The van der Waals surface area contributed by atoms with E-state index in [9.17, 15) is 0 Å². The normalized spacial score (nSPS) is 12.8. The zero-order chi connectivity index (χ0) is 16.5. The first-order chi connectivity index (χ1) is 11.8. The van der Waals surface area contributed by atoms with Crippen LogP contribution in [0.4, 0.5) is 0 Å². The molecule has 0 aliphatic carbocycles. The maximum atomic E-state index is 9.03. The summed E-state index contributed by atoms with van der Waals surface area (Å²) in [6.07, 6.45) is 1.52. The Kier molecular flexibility index (Phi) is 3.78. The van der Waals surface area contributed by atoms with Gasteiger partial charge in [0.15, 0.2) is 22.8 Å². The molecule has 24 heavy (non-hydrogen) atoms. The summed E-state index contributed by atoms with van der Waals surface area (Å²) in [5.74, 6) is 2.93. The molecular weight excluding hydrogens is 308 g/mol. The second-order valence-corrected chi connectivity index (χ2v) is 5.72. The van der Waals surface area contributed by atoms with E-state index >= 15 is 0 Å². The van der Waals surface area contributed by atoms with Gasteiger partial charge in [0, 0.05) is 17.6 Å². The predicted molar refractivity (Wildman–Crippen MR) is 89.7 cm³/mol. The van der Waals surface area contributed by atoms with E-state index in [2.05, 4.69) is 6.07 Å². The highest BCUT2D eigenvalue weighted by atomic mass is 16.7. The highest BCUT2D eigenvalue weighted by molar-refractivity contribution is 5.88. The van der Waals surface area contributed by atoms with Crippen LogP contribution in [0.5, 0.6) is 17.2 Å². The monoisotopic (exact) mass is 326 g/mol. The van der Waals surface area contributed by atoms with Crippen molar-refractivity contribution < 1.29 is 23.7 Å². The number of aliphatic hydroxyl groups is 1. The smallest absolute Gasteiger partial charge is 0.231 e. The first-order valence-corrected chi connectivity index (χ1v) is 7.90. The molecule has 5 nitrogen and oxygen atoms in total. The van der Waals surface area contributed by atoms with E-state index in [-0.39, 0.29) is 13.4 Å². The Morgan fingerprint density at radius 3 is 2.79 bits per heavy atom. The molecule has 0 unspecified atom stereocenters. The predicted octanol–water partition coefficient (Wildman–Crippen LogP) is 3.76. The first-order valence-electron chi connectivity index (χ1n) is 7.90. The van der Waals surface area contributed by atoms with Gasteiger partial charge >= 0.3 is 0 Å². The summed E-state index contributed by atoms with van der Waals surface area (Å²) in [5, 5.41) is 10.0. The molecular formula is C19H18O5. The van der Waals surface area contributed by atoms with Gasteiger partial charge in [-0.1, -0.05) is 0 Å². The minimum absolute atomic E-state index is 0.175. The molecule has 124 valence electrons. The summed E-state index contributed by atoms with van der Waals surface area (Å²) in [5.41, 5.74) is 2.76. The van der Waals surface area contributed by atoms with Crippen LogP contribution >= 0.6 is 0 Å². The Labute approximate surface area is 139 Å². The molecule has 1 aliphatic rings. The van der Waals surface area contributed by atoms with Gasteiger partial charge in [-0.3, -0.25) is 0 Å². The van der Waals surface area contributed by atoms with Crippen molar-refractivity contribution in [1.29, 1.82) is 0 Å². The Morgan fingerprint density at radius 1 is 1.08 bits per heavy atom. The van der Waals surface area contributed by atoms with Gasteiger partial charge < -0.3 is 23.7 Å². The maximum absolute atomic E-state index is 9.03. The fraction of sp³-hybridized carbons (Fsp3) is 0.263. The third kappa shape index (κ3) is 2.57. The Bertz CT molecular complexity index is 881. The molecule has 0 fully saturated rings. The second-order valence-electron chi connectivity index (χ2n) is 5.72. The van der Waals surface area contributed by atoms with Gasteiger partial charge in [0.25, 0.3) is 0 Å². The van der Waals surface area contributed by atoms with E-state index < -0.39 is 0 Å². The van der Waals surface area contributed by atoms with Crippen LogP contribution in [0.3, 0.4) is 0 Å². The van der Waals surface area contributed by atoms with E-state index in [4.69, 9.17) is 23.7 Å². The average molecular weight is 326 g/mol. The molecule has 0 amide bonds. The lowest BCUT2D eigenvalue weighted by Gasteiger charge is -2.05. The highest BCUT2D eigenvalue weighted by Gasteiger charge is 2.17. The standard InChI is InChI=1S/C19H18O5/c1-21-18-8-12(3-2-6-20)7-14-10-16(24-19(14)18)13-4-5-15-17(9-13)23-11-22-15/h4-5,7-10,20H,2-3,6,11H2,1H3. The van der Waals surface area contributed by atoms with Crippen molar-refractivity contribution in [2.24, 2.45) is 0 Å². The van der Waals surface area contributed by atoms with Crippen LogP contribution in [-0.4, -0.2) is 25.6 Å². The molecule has 1 aromatic heterocycles. The summed E-state index contributed by atoms with van der Waals surface area (Å²) < 4.78 is 22.3. The summed E-state index contributed by atoms with van der Waals surface area (Å²) in [6.45, 7) is 0.426. The number of hydrogen-bond acceptors (Lipinski definition) is 5. The molecule has 5 heteroatoms.